The number of amides is 1. The van der Waals surface area contributed by atoms with E-state index in [1.165, 1.54) is 0 Å². The lowest BCUT2D eigenvalue weighted by molar-refractivity contribution is -0.153. The molecule has 1 saturated carbocycles. The lowest BCUT2D eigenvalue weighted by Gasteiger charge is -2.29. The molecule has 0 aliphatic heterocycles. The number of aromatic nitrogens is 1. The molecule has 1 aliphatic rings. The normalized spacial score (nSPS) is 18.4. The van der Waals surface area contributed by atoms with Gasteiger partial charge in [-0.1, -0.05) is 45.6 Å². The highest BCUT2D eigenvalue weighted by Gasteiger charge is 2.41. The minimum atomic E-state index is -0.915. The molecule has 2 rings (SSSR count). The molecule has 5 heteroatoms. The van der Waals surface area contributed by atoms with Gasteiger partial charge in [-0.3, -0.25) is 14.6 Å². The van der Waals surface area contributed by atoms with Gasteiger partial charge in [0.2, 0.25) is 5.91 Å². The number of carboxylic acids is 1. The number of nitrogens with one attached hydrogen (secondary N) is 1. The van der Waals surface area contributed by atoms with E-state index in [2.05, 4.69) is 10.3 Å². The van der Waals surface area contributed by atoms with Crippen LogP contribution in [0.25, 0.3) is 0 Å². The topological polar surface area (TPSA) is 79.3 Å². The summed E-state index contributed by atoms with van der Waals surface area (Å²) in [7, 11) is 0. The molecule has 1 amide bonds. The van der Waals surface area contributed by atoms with Gasteiger partial charge in [0, 0.05) is 12.6 Å². The smallest absolute Gasteiger partial charge is 0.310 e. The van der Waals surface area contributed by atoms with Gasteiger partial charge >= 0.3 is 5.97 Å². The molecular weight excluding hydrogens is 316 g/mol. The van der Waals surface area contributed by atoms with Crippen LogP contribution in [0.5, 0.6) is 0 Å². The van der Waals surface area contributed by atoms with Crippen molar-refractivity contribution >= 4 is 11.9 Å². The molecule has 0 spiro atoms. The summed E-state index contributed by atoms with van der Waals surface area (Å²) in [6.45, 7) is 6.06. The molecule has 0 aromatic carbocycles. The van der Waals surface area contributed by atoms with Crippen molar-refractivity contribution in [1.82, 2.24) is 10.3 Å². The first-order valence-corrected chi connectivity index (χ1v) is 9.30. The Balaban J connectivity index is 2.15. The number of pyridine rings is 1. The molecule has 1 unspecified atom stereocenters. The summed E-state index contributed by atoms with van der Waals surface area (Å²) in [5, 5.41) is 12.8. The second-order valence-corrected chi connectivity index (χ2v) is 7.67. The van der Waals surface area contributed by atoms with E-state index >= 15 is 0 Å². The third kappa shape index (κ3) is 4.80. The Morgan fingerprint density at radius 3 is 2.40 bits per heavy atom. The van der Waals surface area contributed by atoms with Gasteiger partial charge in [0.15, 0.2) is 0 Å². The predicted molar refractivity (Wildman–Crippen MR) is 97.1 cm³/mol. The fraction of sp³-hybridized carbons (Fsp3) is 0.650. The van der Waals surface area contributed by atoms with Crippen LogP contribution in [-0.4, -0.2) is 22.0 Å². The highest BCUT2D eigenvalue weighted by molar-refractivity contribution is 5.85. The van der Waals surface area contributed by atoms with Crippen LogP contribution >= 0.6 is 0 Å². The number of aryl methyl sites for hydroxylation is 1. The molecule has 0 bridgehead atoms. The highest BCUT2D eigenvalue weighted by atomic mass is 16.4. The Morgan fingerprint density at radius 2 is 1.88 bits per heavy atom. The van der Waals surface area contributed by atoms with Crippen LogP contribution < -0.4 is 5.32 Å². The van der Waals surface area contributed by atoms with E-state index < -0.39 is 11.4 Å². The van der Waals surface area contributed by atoms with E-state index in [1.807, 2.05) is 32.9 Å². The van der Waals surface area contributed by atoms with Crippen LogP contribution in [0.15, 0.2) is 18.3 Å². The van der Waals surface area contributed by atoms with E-state index in [0.717, 1.165) is 36.9 Å². The standard InChI is InChI=1S/C20H30N2O3/c1-14(2)17(18-15(3)9-8-12-21-18)22-16(23)13-20(19(24)25)10-6-4-5-7-11-20/h8-9,12,14,17H,4-7,10-11,13H2,1-3H3,(H,22,23)(H,24,25). The van der Waals surface area contributed by atoms with Gasteiger partial charge in [0.25, 0.3) is 0 Å². The van der Waals surface area contributed by atoms with E-state index in [0.29, 0.717) is 12.8 Å². The molecule has 1 fully saturated rings. The second kappa shape index (κ2) is 8.45. The molecule has 1 aromatic heterocycles. The minimum Gasteiger partial charge on any atom is -0.481 e. The van der Waals surface area contributed by atoms with Gasteiger partial charge in [0.1, 0.15) is 0 Å². The maximum atomic E-state index is 12.7. The fourth-order valence-electron chi connectivity index (χ4n) is 3.78. The average molecular weight is 346 g/mol. The van der Waals surface area contributed by atoms with Crippen LogP contribution in [0, 0.1) is 18.3 Å². The number of aliphatic carboxylic acids is 1. The first kappa shape index (κ1) is 19.4. The number of hydrogen-bond donors (Lipinski definition) is 2. The Hall–Kier alpha value is -1.91. The number of rotatable bonds is 6. The van der Waals surface area contributed by atoms with Gasteiger partial charge in [-0.15, -0.1) is 0 Å². The summed E-state index contributed by atoms with van der Waals surface area (Å²) in [5.74, 6) is -0.847. The zero-order valence-electron chi connectivity index (χ0n) is 15.5. The zero-order chi connectivity index (χ0) is 18.4. The molecule has 1 aromatic rings. The summed E-state index contributed by atoms with van der Waals surface area (Å²) in [6.07, 6.45) is 6.83. The van der Waals surface area contributed by atoms with E-state index in [1.54, 1.807) is 6.20 Å². The Kier molecular flexibility index (Phi) is 6.57. The number of nitrogens with zero attached hydrogens (tertiary/aromatic N) is 1. The molecule has 2 N–H and O–H groups in total. The molecule has 1 heterocycles. The molecule has 1 atom stereocenters. The van der Waals surface area contributed by atoms with Crippen LogP contribution in [0.4, 0.5) is 0 Å². The van der Waals surface area contributed by atoms with E-state index in [-0.39, 0.29) is 24.3 Å². The third-order valence-electron chi connectivity index (χ3n) is 5.34. The van der Waals surface area contributed by atoms with Gasteiger partial charge in [-0.05, 0) is 37.3 Å². The van der Waals surface area contributed by atoms with Gasteiger partial charge < -0.3 is 10.4 Å². The Bertz CT molecular complexity index is 605. The van der Waals surface area contributed by atoms with Crippen LogP contribution in [-0.2, 0) is 9.59 Å². The summed E-state index contributed by atoms with van der Waals surface area (Å²) >= 11 is 0. The van der Waals surface area contributed by atoms with Crippen LogP contribution in [0.2, 0.25) is 0 Å². The van der Waals surface area contributed by atoms with Crippen molar-refractivity contribution in [2.24, 2.45) is 11.3 Å². The maximum absolute atomic E-state index is 12.7. The van der Waals surface area contributed by atoms with E-state index in [4.69, 9.17) is 0 Å². The molecule has 1 aliphatic carbocycles. The first-order chi connectivity index (χ1) is 11.9. The monoisotopic (exact) mass is 346 g/mol. The molecule has 138 valence electrons. The predicted octanol–water partition coefficient (Wildman–Crippen LogP) is 4.02. The van der Waals surface area contributed by atoms with Crippen LogP contribution in [0.1, 0.15) is 76.1 Å². The highest BCUT2D eigenvalue weighted by Crippen LogP contribution is 2.38. The molecule has 0 saturated heterocycles. The average Bonchev–Trinajstić information content (AvgIpc) is 2.80. The lowest BCUT2D eigenvalue weighted by atomic mass is 9.77. The number of carboxylic acid groups (broad SMARTS) is 1. The van der Waals surface area contributed by atoms with Gasteiger partial charge in [-0.25, -0.2) is 0 Å². The molecule has 0 radical (unpaired) electrons. The summed E-state index contributed by atoms with van der Waals surface area (Å²) in [4.78, 5) is 29.1. The first-order valence-electron chi connectivity index (χ1n) is 9.30. The fourth-order valence-corrected chi connectivity index (χ4v) is 3.78. The van der Waals surface area contributed by atoms with Crippen molar-refractivity contribution in [3.63, 3.8) is 0 Å². The van der Waals surface area contributed by atoms with Gasteiger partial charge in [-0.2, -0.15) is 0 Å². The largest absolute Gasteiger partial charge is 0.481 e. The van der Waals surface area contributed by atoms with Crippen molar-refractivity contribution in [1.29, 1.82) is 0 Å². The SMILES string of the molecule is Cc1cccnc1C(NC(=O)CC1(C(=O)O)CCCCCC1)C(C)C. The van der Waals surface area contributed by atoms with Crippen molar-refractivity contribution in [3.05, 3.63) is 29.6 Å². The summed E-state index contributed by atoms with van der Waals surface area (Å²) < 4.78 is 0. The minimum absolute atomic E-state index is 0.0530. The van der Waals surface area contributed by atoms with Crippen molar-refractivity contribution in [3.8, 4) is 0 Å². The van der Waals surface area contributed by atoms with Gasteiger partial charge in [0.05, 0.1) is 17.2 Å². The number of hydrogen-bond acceptors (Lipinski definition) is 3. The molecular formula is C20H30N2O3. The second-order valence-electron chi connectivity index (χ2n) is 7.67. The summed E-state index contributed by atoms with van der Waals surface area (Å²) in [5.41, 5.74) is 0.973. The Labute approximate surface area is 150 Å². The zero-order valence-corrected chi connectivity index (χ0v) is 15.5. The van der Waals surface area contributed by atoms with Crippen molar-refractivity contribution < 1.29 is 14.7 Å². The van der Waals surface area contributed by atoms with E-state index in [9.17, 15) is 14.7 Å². The molecule has 5 nitrogen and oxygen atoms in total. The Morgan fingerprint density at radius 1 is 1.24 bits per heavy atom. The third-order valence-corrected chi connectivity index (χ3v) is 5.34. The maximum Gasteiger partial charge on any atom is 0.310 e. The number of carbonyl (C=O) groups excluding carboxylic acids is 1. The number of carbonyl (C=O) groups is 2. The molecule has 25 heavy (non-hydrogen) atoms. The summed E-state index contributed by atoms with van der Waals surface area (Å²) in [6, 6.07) is 3.65. The van der Waals surface area contributed by atoms with Crippen molar-refractivity contribution in [2.75, 3.05) is 0 Å². The quantitative estimate of drug-likeness (QED) is 0.763. The van der Waals surface area contributed by atoms with Crippen molar-refractivity contribution in [2.45, 2.75) is 71.8 Å². The van der Waals surface area contributed by atoms with Crippen LogP contribution in [0.3, 0.4) is 0 Å². The lowest BCUT2D eigenvalue weighted by Crippen LogP contribution is -2.40.